The van der Waals surface area contributed by atoms with Crippen LogP contribution in [0.4, 0.5) is 5.13 Å². The Bertz CT molecular complexity index is 1210. The molecule has 0 saturated heterocycles. The first-order valence-corrected chi connectivity index (χ1v) is 9.29. The molecule has 28 heavy (non-hydrogen) atoms. The zero-order valence-corrected chi connectivity index (χ0v) is 15.7. The third-order valence-electron chi connectivity index (χ3n) is 4.01. The average molecular weight is 392 g/mol. The van der Waals surface area contributed by atoms with Crippen LogP contribution in [0.5, 0.6) is 5.75 Å². The Morgan fingerprint density at radius 2 is 1.96 bits per heavy atom. The molecule has 2 heterocycles. The number of aromatic hydroxyl groups is 1. The van der Waals surface area contributed by atoms with Crippen LogP contribution >= 0.6 is 11.3 Å². The number of rotatable bonds is 5. The number of aliphatic imine (C=N–C) groups is 1. The highest BCUT2D eigenvalue weighted by molar-refractivity contribution is 7.14. The molecule has 0 spiro atoms. The van der Waals surface area contributed by atoms with E-state index in [0.29, 0.717) is 33.4 Å². The first-order chi connectivity index (χ1) is 13.6. The van der Waals surface area contributed by atoms with Gasteiger partial charge in [-0.1, -0.05) is 23.5 Å². The summed E-state index contributed by atoms with van der Waals surface area (Å²) in [5, 5.41) is 19.2. The standard InChI is InChI=1S/C19H16N6O2S/c1-12-22-16-5-3-2-4-15(16)18(27)25(12)21-11-17-23-24-19(28-17)20-10-13-6-8-14(26)9-7-13/h2-10,21,26H,11H2,1H3/b20-10+. The molecule has 0 aliphatic rings. The molecule has 0 atom stereocenters. The van der Waals surface area contributed by atoms with Gasteiger partial charge in [0.05, 0.1) is 17.4 Å². The Morgan fingerprint density at radius 3 is 2.79 bits per heavy atom. The van der Waals surface area contributed by atoms with E-state index in [-0.39, 0.29) is 11.3 Å². The molecule has 0 fully saturated rings. The van der Waals surface area contributed by atoms with Crippen LogP contribution in [0, 0.1) is 6.92 Å². The Balaban J connectivity index is 1.48. The van der Waals surface area contributed by atoms with Gasteiger partial charge in [0.2, 0.25) is 5.13 Å². The topological polar surface area (TPSA) is 105 Å². The predicted molar refractivity (Wildman–Crippen MR) is 109 cm³/mol. The van der Waals surface area contributed by atoms with E-state index in [1.165, 1.54) is 16.0 Å². The fraction of sp³-hybridized carbons (Fsp3) is 0.105. The van der Waals surface area contributed by atoms with Gasteiger partial charge in [-0.15, -0.1) is 10.2 Å². The van der Waals surface area contributed by atoms with Crippen molar-refractivity contribution >= 4 is 33.6 Å². The number of benzene rings is 2. The van der Waals surface area contributed by atoms with Crippen molar-refractivity contribution in [3.05, 3.63) is 75.3 Å². The maximum atomic E-state index is 12.6. The van der Waals surface area contributed by atoms with Crippen molar-refractivity contribution in [3.63, 3.8) is 0 Å². The molecule has 0 amide bonds. The van der Waals surface area contributed by atoms with Gasteiger partial charge < -0.3 is 10.5 Å². The molecule has 4 rings (SSSR count). The van der Waals surface area contributed by atoms with E-state index in [0.717, 1.165) is 5.56 Å². The van der Waals surface area contributed by atoms with E-state index in [2.05, 4.69) is 25.6 Å². The molecular weight excluding hydrogens is 376 g/mol. The molecule has 0 radical (unpaired) electrons. The molecule has 0 aliphatic carbocycles. The highest BCUT2D eigenvalue weighted by atomic mass is 32.1. The zero-order chi connectivity index (χ0) is 19.5. The summed E-state index contributed by atoms with van der Waals surface area (Å²) in [6, 6.07) is 13.9. The Kier molecular flexibility index (Phi) is 4.81. The number of nitrogens with one attached hydrogen (secondary N) is 1. The van der Waals surface area contributed by atoms with Gasteiger partial charge in [0, 0.05) is 6.21 Å². The van der Waals surface area contributed by atoms with E-state index in [1.807, 2.05) is 18.2 Å². The van der Waals surface area contributed by atoms with Gasteiger partial charge in [-0.2, -0.15) is 0 Å². The monoisotopic (exact) mass is 392 g/mol. The Morgan fingerprint density at radius 1 is 1.18 bits per heavy atom. The largest absolute Gasteiger partial charge is 0.508 e. The van der Waals surface area contributed by atoms with Crippen LogP contribution in [0.2, 0.25) is 0 Å². The van der Waals surface area contributed by atoms with Gasteiger partial charge in [0.25, 0.3) is 5.56 Å². The summed E-state index contributed by atoms with van der Waals surface area (Å²) in [6.07, 6.45) is 1.65. The molecule has 0 unspecified atom stereocenters. The van der Waals surface area contributed by atoms with Gasteiger partial charge >= 0.3 is 0 Å². The van der Waals surface area contributed by atoms with Crippen molar-refractivity contribution in [3.8, 4) is 5.75 Å². The third kappa shape index (κ3) is 3.74. The minimum absolute atomic E-state index is 0.154. The molecular formula is C19H16N6O2S. The highest BCUT2D eigenvalue weighted by Crippen LogP contribution is 2.19. The van der Waals surface area contributed by atoms with Crippen molar-refractivity contribution < 1.29 is 5.11 Å². The quantitative estimate of drug-likeness (QED) is 0.506. The average Bonchev–Trinajstić information content (AvgIpc) is 3.15. The number of aromatic nitrogens is 4. The number of hydrogen-bond acceptors (Lipinski definition) is 8. The highest BCUT2D eigenvalue weighted by Gasteiger charge is 2.09. The van der Waals surface area contributed by atoms with Crippen molar-refractivity contribution in [2.45, 2.75) is 13.5 Å². The summed E-state index contributed by atoms with van der Waals surface area (Å²) in [5.41, 5.74) is 4.41. The minimum Gasteiger partial charge on any atom is -0.508 e. The van der Waals surface area contributed by atoms with Crippen molar-refractivity contribution in [2.75, 3.05) is 5.43 Å². The van der Waals surface area contributed by atoms with Crippen molar-refractivity contribution in [1.29, 1.82) is 0 Å². The Labute approximate surface area is 163 Å². The molecule has 0 saturated carbocycles. The molecule has 2 aromatic heterocycles. The maximum Gasteiger partial charge on any atom is 0.279 e. The number of aryl methyl sites for hydroxylation is 1. The number of para-hydroxylation sites is 1. The van der Waals surface area contributed by atoms with Crippen LogP contribution in [0.15, 0.2) is 58.3 Å². The smallest absolute Gasteiger partial charge is 0.279 e. The molecule has 0 bridgehead atoms. The normalized spacial score (nSPS) is 11.3. The van der Waals surface area contributed by atoms with Gasteiger partial charge in [0.15, 0.2) is 0 Å². The predicted octanol–water partition coefficient (Wildman–Crippen LogP) is 2.76. The lowest BCUT2D eigenvalue weighted by molar-refractivity contribution is 0.475. The molecule has 9 heteroatoms. The summed E-state index contributed by atoms with van der Waals surface area (Å²) in [5.74, 6) is 0.772. The molecule has 8 nitrogen and oxygen atoms in total. The third-order valence-corrected chi connectivity index (χ3v) is 4.84. The van der Waals surface area contributed by atoms with Gasteiger partial charge in [0.1, 0.15) is 16.6 Å². The number of nitrogens with zero attached hydrogens (tertiary/aromatic N) is 5. The molecule has 2 aromatic carbocycles. The van der Waals surface area contributed by atoms with Gasteiger partial charge in [-0.25, -0.2) is 14.7 Å². The number of phenols is 1. The second-order valence-corrected chi connectivity index (χ2v) is 7.02. The minimum atomic E-state index is -0.154. The van der Waals surface area contributed by atoms with Crippen LogP contribution in [-0.2, 0) is 6.54 Å². The summed E-state index contributed by atoms with van der Waals surface area (Å²) < 4.78 is 1.42. The van der Waals surface area contributed by atoms with E-state index in [9.17, 15) is 9.90 Å². The summed E-state index contributed by atoms with van der Waals surface area (Å²) in [4.78, 5) is 21.4. The summed E-state index contributed by atoms with van der Waals surface area (Å²) in [7, 11) is 0. The Hall–Kier alpha value is -3.59. The maximum absolute atomic E-state index is 12.6. The summed E-state index contributed by atoms with van der Waals surface area (Å²) >= 11 is 1.32. The van der Waals surface area contributed by atoms with Crippen LogP contribution in [0.3, 0.4) is 0 Å². The second-order valence-electron chi connectivity index (χ2n) is 5.98. The molecule has 0 aliphatic heterocycles. The first-order valence-electron chi connectivity index (χ1n) is 8.48. The van der Waals surface area contributed by atoms with Crippen molar-refractivity contribution in [2.24, 2.45) is 4.99 Å². The number of fused-ring (bicyclic) bond motifs is 1. The van der Waals surface area contributed by atoms with E-state index in [4.69, 9.17) is 0 Å². The lowest BCUT2D eigenvalue weighted by Crippen LogP contribution is -2.31. The molecule has 4 aromatic rings. The fourth-order valence-electron chi connectivity index (χ4n) is 2.64. The van der Waals surface area contributed by atoms with E-state index in [1.54, 1.807) is 43.5 Å². The fourth-order valence-corrected chi connectivity index (χ4v) is 3.25. The lowest BCUT2D eigenvalue weighted by Gasteiger charge is -2.11. The number of hydrogen-bond donors (Lipinski definition) is 2. The van der Waals surface area contributed by atoms with Crippen LogP contribution in [0.25, 0.3) is 10.9 Å². The summed E-state index contributed by atoms with van der Waals surface area (Å²) in [6.45, 7) is 2.10. The van der Waals surface area contributed by atoms with Gasteiger partial charge in [-0.05, 0) is 48.9 Å². The molecule has 140 valence electrons. The SMILES string of the molecule is Cc1nc2ccccc2c(=O)n1NCc1nnc(/N=C/c2ccc(O)cc2)s1. The van der Waals surface area contributed by atoms with Crippen LogP contribution in [-0.4, -0.2) is 31.2 Å². The van der Waals surface area contributed by atoms with Crippen LogP contribution in [0.1, 0.15) is 16.4 Å². The lowest BCUT2D eigenvalue weighted by atomic mass is 10.2. The zero-order valence-electron chi connectivity index (χ0n) is 14.9. The van der Waals surface area contributed by atoms with E-state index >= 15 is 0 Å². The second kappa shape index (κ2) is 7.57. The van der Waals surface area contributed by atoms with Gasteiger partial charge in [-0.3, -0.25) is 4.79 Å². The van der Waals surface area contributed by atoms with E-state index < -0.39 is 0 Å². The van der Waals surface area contributed by atoms with Crippen LogP contribution < -0.4 is 11.0 Å². The number of phenolic OH excluding ortho intramolecular Hbond substituents is 1. The first kappa shape index (κ1) is 17.8. The molecule has 2 N–H and O–H groups in total. The van der Waals surface area contributed by atoms with Crippen molar-refractivity contribution in [1.82, 2.24) is 19.9 Å².